The molecule has 3 rings (SSSR count). The predicted octanol–water partition coefficient (Wildman–Crippen LogP) is 1.86. The van der Waals surface area contributed by atoms with Gasteiger partial charge in [-0.2, -0.15) is 9.61 Å². The summed E-state index contributed by atoms with van der Waals surface area (Å²) in [5.41, 5.74) is 1.87. The van der Waals surface area contributed by atoms with Crippen LogP contribution < -0.4 is 5.32 Å². The van der Waals surface area contributed by atoms with Crippen LogP contribution in [-0.4, -0.2) is 43.4 Å². The summed E-state index contributed by atoms with van der Waals surface area (Å²) < 4.78 is 1.64. The largest absolute Gasteiger partial charge is 0.390 e. The highest BCUT2D eigenvalue weighted by atomic mass is 35.5. The number of nitrogens with zero attached hydrogens (tertiary/aromatic N) is 4. The summed E-state index contributed by atoms with van der Waals surface area (Å²) in [6, 6.07) is 7.79. The number of anilines is 1. The molecule has 0 aliphatic rings. The fourth-order valence-electron chi connectivity index (χ4n) is 1.77. The third-order valence-corrected chi connectivity index (χ3v) is 4.05. The molecule has 1 aromatic carbocycles. The van der Waals surface area contributed by atoms with E-state index >= 15 is 0 Å². The maximum absolute atomic E-state index is 9.53. The van der Waals surface area contributed by atoms with Crippen molar-refractivity contribution in [3.05, 3.63) is 30.6 Å². The highest BCUT2D eigenvalue weighted by Gasteiger charge is 2.12. The normalized spacial score (nSPS) is 12.7. The molecular weight excluding hydrogens is 298 g/mol. The van der Waals surface area contributed by atoms with E-state index in [1.165, 1.54) is 11.3 Å². The van der Waals surface area contributed by atoms with Crippen LogP contribution in [0.4, 0.5) is 5.69 Å². The monoisotopic (exact) mass is 309 g/mol. The summed E-state index contributed by atoms with van der Waals surface area (Å²) in [7, 11) is 0. The first-order valence-electron chi connectivity index (χ1n) is 6.02. The number of rotatable bonds is 5. The highest BCUT2D eigenvalue weighted by molar-refractivity contribution is 7.19. The van der Waals surface area contributed by atoms with Crippen LogP contribution in [0.3, 0.4) is 0 Å². The second-order valence-electron chi connectivity index (χ2n) is 4.20. The van der Waals surface area contributed by atoms with Crippen molar-refractivity contribution in [3.63, 3.8) is 0 Å². The molecule has 104 valence electrons. The lowest BCUT2D eigenvalue weighted by molar-refractivity contribution is 0.211. The Balaban J connectivity index is 1.90. The van der Waals surface area contributed by atoms with Crippen LogP contribution in [0.25, 0.3) is 15.5 Å². The molecule has 0 saturated carbocycles. The van der Waals surface area contributed by atoms with Crippen molar-refractivity contribution in [2.45, 2.75) is 6.10 Å². The van der Waals surface area contributed by atoms with E-state index in [9.17, 15) is 5.11 Å². The minimum Gasteiger partial charge on any atom is -0.390 e. The third kappa shape index (κ3) is 2.60. The Morgan fingerprint density at radius 1 is 1.40 bits per heavy atom. The van der Waals surface area contributed by atoms with Gasteiger partial charge in [0.1, 0.15) is 11.3 Å². The molecule has 2 N–H and O–H groups in total. The van der Waals surface area contributed by atoms with Crippen LogP contribution in [0.2, 0.25) is 0 Å². The average Bonchev–Trinajstić information content (AvgIpc) is 3.06. The number of alkyl halides is 1. The van der Waals surface area contributed by atoms with Gasteiger partial charge in [-0.05, 0) is 12.1 Å². The van der Waals surface area contributed by atoms with E-state index in [2.05, 4.69) is 20.6 Å². The van der Waals surface area contributed by atoms with E-state index in [1.54, 1.807) is 10.8 Å². The Morgan fingerprint density at radius 3 is 3.05 bits per heavy atom. The van der Waals surface area contributed by atoms with Crippen molar-refractivity contribution in [3.8, 4) is 10.6 Å². The van der Waals surface area contributed by atoms with Crippen molar-refractivity contribution >= 4 is 33.6 Å². The van der Waals surface area contributed by atoms with E-state index in [1.807, 2.05) is 24.3 Å². The first kappa shape index (κ1) is 13.3. The van der Waals surface area contributed by atoms with Gasteiger partial charge in [-0.3, -0.25) is 0 Å². The van der Waals surface area contributed by atoms with Crippen LogP contribution in [0.1, 0.15) is 0 Å². The predicted molar refractivity (Wildman–Crippen MR) is 79.3 cm³/mol. The maximum Gasteiger partial charge on any atom is 0.234 e. The van der Waals surface area contributed by atoms with Gasteiger partial charge in [-0.25, -0.2) is 0 Å². The van der Waals surface area contributed by atoms with Crippen molar-refractivity contribution in [1.29, 1.82) is 0 Å². The number of hydrogen-bond donors (Lipinski definition) is 2. The Bertz CT molecular complexity index is 684. The van der Waals surface area contributed by atoms with Gasteiger partial charge >= 0.3 is 0 Å². The van der Waals surface area contributed by atoms with Gasteiger partial charge in [0.25, 0.3) is 0 Å². The van der Waals surface area contributed by atoms with Crippen LogP contribution in [0, 0.1) is 0 Å². The Labute approximate surface area is 124 Å². The SMILES string of the molecule is OC(CCl)CNc1ccccc1-c1nn2cnnc2s1. The van der Waals surface area contributed by atoms with Crippen LogP contribution >= 0.6 is 22.9 Å². The number of halogens is 1. The average molecular weight is 310 g/mol. The summed E-state index contributed by atoms with van der Waals surface area (Å²) >= 11 is 7.06. The molecule has 1 unspecified atom stereocenters. The Hall–Kier alpha value is -1.70. The van der Waals surface area contributed by atoms with Crippen molar-refractivity contribution in [1.82, 2.24) is 19.8 Å². The van der Waals surface area contributed by atoms with E-state index in [0.717, 1.165) is 21.2 Å². The molecule has 20 heavy (non-hydrogen) atoms. The van der Waals surface area contributed by atoms with Gasteiger partial charge in [0, 0.05) is 17.8 Å². The number of para-hydroxylation sites is 1. The molecule has 3 aromatic rings. The number of benzene rings is 1. The third-order valence-electron chi connectivity index (χ3n) is 2.75. The molecule has 1 atom stereocenters. The zero-order valence-corrected chi connectivity index (χ0v) is 12.0. The lowest BCUT2D eigenvalue weighted by atomic mass is 10.2. The first-order valence-corrected chi connectivity index (χ1v) is 7.37. The van der Waals surface area contributed by atoms with Gasteiger partial charge in [-0.15, -0.1) is 21.8 Å². The number of aliphatic hydroxyl groups excluding tert-OH is 1. The maximum atomic E-state index is 9.53. The van der Waals surface area contributed by atoms with Crippen LogP contribution in [-0.2, 0) is 0 Å². The lowest BCUT2D eigenvalue weighted by Gasteiger charge is -2.12. The second-order valence-corrected chi connectivity index (χ2v) is 5.46. The van der Waals surface area contributed by atoms with E-state index in [4.69, 9.17) is 11.6 Å². The lowest BCUT2D eigenvalue weighted by Crippen LogP contribution is -2.21. The van der Waals surface area contributed by atoms with Crippen molar-refractivity contribution in [2.75, 3.05) is 17.7 Å². The summed E-state index contributed by atoms with van der Waals surface area (Å²) in [5.74, 6) is 0.200. The fraction of sp³-hybridized carbons (Fsp3) is 0.250. The van der Waals surface area contributed by atoms with E-state index in [-0.39, 0.29) is 5.88 Å². The van der Waals surface area contributed by atoms with E-state index in [0.29, 0.717) is 6.54 Å². The molecule has 0 bridgehead atoms. The molecular formula is C12H12ClN5OS. The number of aromatic nitrogens is 4. The molecule has 2 heterocycles. The summed E-state index contributed by atoms with van der Waals surface area (Å²) in [5, 5.41) is 25.8. The van der Waals surface area contributed by atoms with Crippen LogP contribution in [0.15, 0.2) is 30.6 Å². The molecule has 0 radical (unpaired) electrons. The fourth-order valence-corrected chi connectivity index (χ4v) is 2.74. The summed E-state index contributed by atoms with van der Waals surface area (Å²) in [6.07, 6.45) is 0.991. The first-order chi connectivity index (χ1) is 9.78. The van der Waals surface area contributed by atoms with Crippen molar-refractivity contribution < 1.29 is 5.11 Å². The standard InChI is InChI=1S/C12H12ClN5OS/c13-5-8(19)6-14-10-4-2-1-3-9(10)11-17-18-7-15-16-12(18)20-11/h1-4,7-8,14,19H,5-6H2. The minimum atomic E-state index is -0.581. The molecule has 6 nitrogen and oxygen atoms in total. The molecule has 0 aliphatic carbocycles. The molecule has 0 aliphatic heterocycles. The Morgan fingerprint density at radius 2 is 2.25 bits per heavy atom. The number of hydrogen-bond acceptors (Lipinski definition) is 6. The quantitative estimate of drug-likeness (QED) is 0.704. The van der Waals surface area contributed by atoms with Gasteiger partial charge in [0.2, 0.25) is 4.96 Å². The molecule has 0 saturated heterocycles. The molecule has 2 aromatic heterocycles. The molecule has 8 heteroatoms. The number of aliphatic hydroxyl groups is 1. The topological polar surface area (TPSA) is 75.3 Å². The summed E-state index contributed by atoms with van der Waals surface area (Å²) in [6.45, 7) is 0.393. The molecule has 0 fully saturated rings. The van der Waals surface area contributed by atoms with Gasteiger partial charge in [0.05, 0.1) is 12.0 Å². The number of fused-ring (bicyclic) bond motifs is 1. The highest BCUT2D eigenvalue weighted by Crippen LogP contribution is 2.30. The Kier molecular flexibility index (Phi) is 3.81. The second kappa shape index (κ2) is 5.74. The smallest absolute Gasteiger partial charge is 0.234 e. The number of nitrogens with one attached hydrogen (secondary N) is 1. The van der Waals surface area contributed by atoms with Crippen molar-refractivity contribution in [2.24, 2.45) is 0 Å². The molecule has 0 spiro atoms. The van der Waals surface area contributed by atoms with Gasteiger partial charge in [-0.1, -0.05) is 23.5 Å². The minimum absolute atomic E-state index is 0.200. The van der Waals surface area contributed by atoms with E-state index < -0.39 is 6.10 Å². The van der Waals surface area contributed by atoms with Gasteiger partial charge < -0.3 is 10.4 Å². The zero-order chi connectivity index (χ0) is 13.9. The molecule has 0 amide bonds. The van der Waals surface area contributed by atoms with Crippen LogP contribution in [0.5, 0.6) is 0 Å². The zero-order valence-electron chi connectivity index (χ0n) is 10.4. The summed E-state index contributed by atoms with van der Waals surface area (Å²) in [4.78, 5) is 0.746. The van der Waals surface area contributed by atoms with Gasteiger partial charge in [0.15, 0.2) is 0 Å².